The summed E-state index contributed by atoms with van der Waals surface area (Å²) in [6.07, 6.45) is 2.22. The number of hydrogen-bond acceptors (Lipinski definition) is 7. The molecule has 0 saturated carbocycles. The van der Waals surface area contributed by atoms with Crippen LogP contribution in [0.3, 0.4) is 0 Å². The van der Waals surface area contributed by atoms with E-state index >= 15 is 0 Å². The average molecular weight is 566 g/mol. The first-order valence-corrected chi connectivity index (χ1v) is 15.0. The summed E-state index contributed by atoms with van der Waals surface area (Å²) in [5.74, 6) is -0.548. The predicted molar refractivity (Wildman–Crippen MR) is 156 cm³/mol. The number of amides is 3. The number of nitrogens with one attached hydrogen (secondary N) is 2. The SMILES string of the molecule is CCOC(=O)CCNC(=O)C(c1cc(C)ccc1C)N(C(=O)C(CCSC)NC(=O)OC(C)(C)C)C(C)CC. The van der Waals surface area contributed by atoms with E-state index in [1.54, 1.807) is 44.4 Å². The van der Waals surface area contributed by atoms with Gasteiger partial charge < -0.3 is 25.0 Å². The molecule has 0 heterocycles. The number of carbonyl (C=O) groups is 4. The largest absolute Gasteiger partial charge is 0.466 e. The van der Waals surface area contributed by atoms with Crippen molar-refractivity contribution in [2.45, 2.75) is 98.4 Å². The summed E-state index contributed by atoms with van der Waals surface area (Å²) in [5.41, 5.74) is 1.77. The van der Waals surface area contributed by atoms with E-state index in [0.29, 0.717) is 24.2 Å². The summed E-state index contributed by atoms with van der Waals surface area (Å²) < 4.78 is 10.4. The van der Waals surface area contributed by atoms with Gasteiger partial charge in [0.25, 0.3) is 0 Å². The molecular weight excluding hydrogens is 518 g/mol. The van der Waals surface area contributed by atoms with Crippen LogP contribution < -0.4 is 10.6 Å². The van der Waals surface area contributed by atoms with Gasteiger partial charge in [0.15, 0.2) is 0 Å². The van der Waals surface area contributed by atoms with E-state index in [4.69, 9.17) is 9.47 Å². The van der Waals surface area contributed by atoms with Gasteiger partial charge in [0.2, 0.25) is 11.8 Å². The van der Waals surface area contributed by atoms with Gasteiger partial charge in [0, 0.05) is 12.6 Å². The Morgan fingerprint density at radius 1 is 1.10 bits per heavy atom. The van der Waals surface area contributed by atoms with E-state index in [2.05, 4.69) is 10.6 Å². The number of nitrogens with zero attached hydrogens (tertiary/aromatic N) is 1. The first-order valence-electron chi connectivity index (χ1n) is 13.6. The summed E-state index contributed by atoms with van der Waals surface area (Å²) in [7, 11) is 0. The van der Waals surface area contributed by atoms with Gasteiger partial charge in [-0.05, 0) is 84.4 Å². The van der Waals surface area contributed by atoms with Gasteiger partial charge in [-0.15, -0.1) is 0 Å². The first-order chi connectivity index (χ1) is 18.2. The molecule has 0 spiro atoms. The molecule has 0 aromatic heterocycles. The normalized spacial score (nSPS) is 13.6. The van der Waals surface area contributed by atoms with E-state index in [-0.39, 0.29) is 31.5 Å². The fourth-order valence-corrected chi connectivity index (χ4v) is 4.48. The van der Waals surface area contributed by atoms with Gasteiger partial charge in [-0.25, -0.2) is 4.79 Å². The van der Waals surface area contributed by atoms with Gasteiger partial charge in [-0.2, -0.15) is 11.8 Å². The molecule has 39 heavy (non-hydrogen) atoms. The van der Waals surface area contributed by atoms with Crippen LogP contribution in [0.2, 0.25) is 0 Å². The zero-order valence-corrected chi connectivity index (χ0v) is 25.8. The Hall–Kier alpha value is -2.75. The molecular formula is C29H47N3O6S. The van der Waals surface area contributed by atoms with Crippen molar-refractivity contribution < 1.29 is 28.7 Å². The number of aryl methyl sites for hydroxylation is 2. The third-order valence-corrected chi connectivity index (χ3v) is 6.75. The second-order valence-corrected chi connectivity index (χ2v) is 11.6. The van der Waals surface area contributed by atoms with Crippen LogP contribution in [0.4, 0.5) is 4.79 Å². The zero-order valence-electron chi connectivity index (χ0n) is 25.0. The number of ether oxygens (including phenoxy) is 2. The third-order valence-electron chi connectivity index (χ3n) is 6.11. The number of hydrogen-bond donors (Lipinski definition) is 2. The Labute approximate surface area is 238 Å². The molecule has 1 aromatic carbocycles. The molecule has 0 aliphatic heterocycles. The molecule has 10 heteroatoms. The van der Waals surface area contributed by atoms with Crippen LogP contribution in [0.1, 0.15) is 83.5 Å². The van der Waals surface area contributed by atoms with Gasteiger partial charge in [-0.1, -0.05) is 30.7 Å². The lowest BCUT2D eigenvalue weighted by atomic mass is 9.94. The maximum absolute atomic E-state index is 14.2. The van der Waals surface area contributed by atoms with E-state index in [0.717, 1.165) is 11.1 Å². The number of thioether (sulfide) groups is 1. The number of rotatable bonds is 14. The number of carbonyl (C=O) groups excluding carboxylic acids is 4. The van der Waals surface area contributed by atoms with Crippen LogP contribution >= 0.6 is 11.8 Å². The van der Waals surface area contributed by atoms with Gasteiger partial charge in [0.1, 0.15) is 17.7 Å². The van der Waals surface area contributed by atoms with E-state index in [1.807, 2.05) is 52.1 Å². The topological polar surface area (TPSA) is 114 Å². The van der Waals surface area contributed by atoms with Crippen LogP contribution in [0, 0.1) is 13.8 Å². The Morgan fingerprint density at radius 2 is 1.77 bits per heavy atom. The van der Waals surface area contributed by atoms with Crippen molar-refractivity contribution in [3.63, 3.8) is 0 Å². The molecule has 3 atom stereocenters. The van der Waals surface area contributed by atoms with Crippen LogP contribution in [0.25, 0.3) is 0 Å². The minimum absolute atomic E-state index is 0.0208. The van der Waals surface area contributed by atoms with Crippen LogP contribution in [0.15, 0.2) is 18.2 Å². The second-order valence-electron chi connectivity index (χ2n) is 10.6. The summed E-state index contributed by atoms with van der Waals surface area (Å²) in [6.45, 7) is 15.0. The minimum Gasteiger partial charge on any atom is -0.466 e. The monoisotopic (exact) mass is 565 g/mol. The highest BCUT2D eigenvalue weighted by Crippen LogP contribution is 2.30. The molecule has 1 aromatic rings. The number of alkyl carbamates (subject to hydrolysis) is 1. The minimum atomic E-state index is -0.966. The van der Waals surface area contributed by atoms with E-state index < -0.39 is 35.7 Å². The summed E-state index contributed by atoms with van der Waals surface area (Å²) in [6, 6.07) is 3.61. The zero-order chi connectivity index (χ0) is 29.8. The standard InChI is InChI=1S/C29H47N3O6S/c1-10-21(5)32(27(35)23(15-17-39-9)31-28(36)38-29(6,7)8)25(22-18-19(3)12-13-20(22)4)26(34)30-16-14-24(33)37-11-2/h12-13,18,21,23,25H,10-11,14-17H2,1-9H3,(H,30,34)(H,31,36). The van der Waals surface area contributed by atoms with Crippen molar-refractivity contribution in [2.75, 3.05) is 25.2 Å². The fraction of sp³-hybridized carbons (Fsp3) is 0.655. The highest BCUT2D eigenvalue weighted by atomic mass is 32.2. The van der Waals surface area contributed by atoms with Crippen molar-refractivity contribution in [2.24, 2.45) is 0 Å². The Balaban J connectivity index is 3.51. The Morgan fingerprint density at radius 3 is 2.33 bits per heavy atom. The van der Waals surface area contributed by atoms with Crippen molar-refractivity contribution in [3.05, 3.63) is 34.9 Å². The molecule has 3 unspecified atom stereocenters. The summed E-state index contributed by atoms with van der Waals surface area (Å²) >= 11 is 1.56. The molecule has 0 bridgehead atoms. The van der Waals surface area contributed by atoms with Crippen molar-refractivity contribution in [3.8, 4) is 0 Å². The lowest BCUT2D eigenvalue weighted by molar-refractivity contribution is -0.146. The maximum Gasteiger partial charge on any atom is 0.408 e. The van der Waals surface area contributed by atoms with Gasteiger partial charge in [-0.3, -0.25) is 14.4 Å². The molecule has 0 aliphatic rings. The highest BCUT2D eigenvalue weighted by molar-refractivity contribution is 7.98. The maximum atomic E-state index is 14.2. The molecule has 1 rings (SSSR count). The number of esters is 1. The molecule has 2 N–H and O–H groups in total. The predicted octanol–water partition coefficient (Wildman–Crippen LogP) is 4.69. The smallest absolute Gasteiger partial charge is 0.408 e. The van der Waals surface area contributed by atoms with E-state index in [9.17, 15) is 19.2 Å². The fourth-order valence-electron chi connectivity index (χ4n) is 4.01. The number of benzene rings is 1. The Kier molecular flexibility index (Phi) is 14.4. The molecule has 220 valence electrons. The quantitative estimate of drug-likeness (QED) is 0.315. The van der Waals surface area contributed by atoms with Crippen LogP contribution in [-0.4, -0.2) is 71.6 Å². The molecule has 0 saturated heterocycles. The molecule has 3 amide bonds. The Bertz CT molecular complexity index is 978. The van der Waals surface area contributed by atoms with Crippen molar-refractivity contribution in [1.82, 2.24) is 15.5 Å². The average Bonchev–Trinajstić information content (AvgIpc) is 2.84. The molecule has 0 radical (unpaired) electrons. The molecule has 0 fully saturated rings. The van der Waals surface area contributed by atoms with Crippen molar-refractivity contribution in [1.29, 1.82) is 0 Å². The lowest BCUT2D eigenvalue weighted by Crippen LogP contribution is -2.55. The summed E-state index contributed by atoms with van der Waals surface area (Å²) in [4.78, 5) is 54.1. The third kappa shape index (κ3) is 11.5. The molecule has 0 aliphatic carbocycles. The van der Waals surface area contributed by atoms with Crippen LogP contribution in [-0.2, 0) is 23.9 Å². The first kappa shape index (κ1) is 34.3. The van der Waals surface area contributed by atoms with Gasteiger partial charge in [0.05, 0.1) is 13.0 Å². The highest BCUT2D eigenvalue weighted by Gasteiger charge is 2.39. The second kappa shape index (κ2) is 16.4. The van der Waals surface area contributed by atoms with E-state index in [1.165, 1.54) is 0 Å². The lowest BCUT2D eigenvalue weighted by Gasteiger charge is -2.39. The summed E-state index contributed by atoms with van der Waals surface area (Å²) in [5, 5.41) is 5.59. The van der Waals surface area contributed by atoms with Crippen LogP contribution in [0.5, 0.6) is 0 Å². The van der Waals surface area contributed by atoms with Crippen molar-refractivity contribution >= 4 is 35.6 Å². The van der Waals surface area contributed by atoms with Gasteiger partial charge >= 0.3 is 12.1 Å². The molecule has 9 nitrogen and oxygen atoms in total.